The van der Waals surface area contributed by atoms with E-state index in [9.17, 15) is 0 Å². The summed E-state index contributed by atoms with van der Waals surface area (Å²) in [6, 6.07) is 6.00. The molecule has 0 amide bonds. The van der Waals surface area contributed by atoms with Crippen LogP contribution >= 0.6 is 11.8 Å². The van der Waals surface area contributed by atoms with E-state index in [1.54, 1.807) is 11.8 Å². The Hall–Kier alpha value is -0.580. The van der Waals surface area contributed by atoms with Gasteiger partial charge in [0.2, 0.25) is 0 Å². The van der Waals surface area contributed by atoms with Crippen molar-refractivity contribution >= 4 is 11.8 Å². The van der Waals surface area contributed by atoms with Gasteiger partial charge in [0.25, 0.3) is 0 Å². The fraction of sp³-hybridized carbons (Fsp3) is 0.583. The molecule has 0 aliphatic carbocycles. The highest BCUT2D eigenvalue weighted by atomic mass is 32.2. The number of rotatable bonds is 9. The van der Waals surface area contributed by atoms with Crippen LogP contribution in [0.25, 0.3) is 0 Å². The van der Waals surface area contributed by atoms with Gasteiger partial charge in [-0.05, 0) is 32.0 Å². The zero-order valence-corrected chi connectivity index (χ0v) is 10.6. The molecule has 0 saturated carbocycles. The number of aromatic nitrogens is 1. The van der Waals surface area contributed by atoms with Crippen LogP contribution in [0.3, 0.4) is 0 Å². The minimum absolute atomic E-state index is 0.815. The van der Waals surface area contributed by atoms with E-state index >= 15 is 0 Å². The molecule has 0 atom stereocenters. The Bertz CT molecular complexity index is 256. The van der Waals surface area contributed by atoms with Crippen molar-refractivity contribution in [1.82, 2.24) is 10.3 Å². The highest BCUT2D eigenvalue weighted by molar-refractivity contribution is 7.99. The molecule has 0 saturated heterocycles. The monoisotopic (exact) mass is 240 g/mol. The van der Waals surface area contributed by atoms with Crippen LogP contribution in [-0.4, -0.2) is 37.0 Å². The summed E-state index contributed by atoms with van der Waals surface area (Å²) in [6.45, 7) is 5.75. The fourth-order valence-electron chi connectivity index (χ4n) is 1.23. The lowest BCUT2D eigenvalue weighted by Crippen LogP contribution is -2.19. The van der Waals surface area contributed by atoms with Crippen LogP contribution < -0.4 is 5.32 Å². The first-order valence-corrected chi connectivity index (χ1v) is 6.74. The molecular formula is C12H20N2OS. The molecule has 1 rings (SSSR count). The molecule has 16 heavy (non-hydrogen) atoms. The number of nitrogens with zero attached hydrogens (tertiary/aromatic N) is 1. The molecule has 0 fully saturated rings. The van der Waals surface area contributed by atoms with E-state index in [2.05, 4.69) is 10.3 Å². The first kappa shape index (κ1) is 13.5. The summed E-state index contributed by atoms with van der Waals surface area (Å²) in [4.78, 5) is 4.25. The second-order valence-corrected chi connectivity index (χ2v) is 4.43. The van der Waals surface area contributed by atoms with E-state index in [0.29, 0.717) is 0 Å². The molecular weight excluding hydrogens is 220 g/mol. The van der Waals surface area contributed by atoms with Crippen molar-refractivity contribution in [3.05, 3.63) is 24.4 Å². The van der Waals surface area contributed by atoms with Crippen LogP contribution in [0.5, 0.6) is 0 Å². The van der Waals surface area contributed by atoms with Crippen LogP contribution in [0, 0.1) is 0 Å². The fourth-order valence-corrected chi connectivity index (χ4v) is 1.99. The van der Waals surface area contributed by atoms with E-state index in [0.717, 1.165) is 43.5 Å². The highest BCUT2D eigenvalue weighted by Crippen LogP contribution is 2.12. The Morgan fingerprint density at radius 3 is 3.06 bits per heavy atom. The Labute approximate surface area is 102 Å². The lowest BCUT2D eigenvalue weighted by Gasteiger charge is -2.04. The van der Waals surface area contributed by atoms with Crippen molar-refractivity contribution < 1.29 is 4.74 Å². The van der Waals surface area contributed by atoms with E-state index in [-0.39, 0.29) is 0 Å². The average molecular weight is 240 g/mol. The van der Waals surface area contributed by atoms with Gasteiger partial charge in [-0.15, -0.1) is 11.8 Å². The zero-order valence-electron chi connectivity index (χ0n) is 9.82. The topological polar surface area (TPSA) is 34.1 Å². The Balaban J connectivity index is 1.89. The molecule has 1 aromatic heterocycles. The quantitative estimate of drug-likeness (QED) is 0.530. The van der Waals surface area contributed by atoms with Gasteiger partial charge in [-0.1, -0.05) is 6.07 Å². The van der Waals surface area contributed by atoms with Crippen LogP contribution in [0.1, 0.15) is 13.3 Å². The molecule has 0 spiro atoms. The van der Waals surface area contributed by atoms with Crippen molar-refractivity contribution in [2.45, 2.75) is 18.4 Å². The summed E-state index contributed by atoms with van der Waals surface area (Å²) >= 11 is 1.78. The minimum Gasteiger partial charge on any atom is -0.382 e. The summed E-state index contributed by atoms with van der Waals surface area (Å²) in [5.41, 5.74) is 0. The van der Waals surface area contributed by atoms with Crippen molar-refractivity contribution in [3.63, 3.8) is 0 Å². The number of thioether (sulfide) groups is 1. The largest absolute Gasteiger partial charge is 0.382 e. The molecule has 1 heterocycles. The standard InChI is InChI=1S/C12H20N2OS/c1-2-15-10-5-7-13-9-11-16-12-6-3-4-8-14-12/h3-4,6,8,13H,2,5,7,9-11H2,1H3. The predicted octanol–water partition coefficient (Wildman–Crippen LogP) is 2.19. The third-order valence-electron chi connectivity index (χ3n) is 2.01. The summed E-state index contributed by atoms with van der Waals surface area (Å²) < 4.78 is 5.25. The molecule has 4 heteroatoms. The van der Waals surface area contributed by atoms with Crippen molar-refractivity contribution in [2.75, 3.05) is 32.1 Å². The van der Waals surface area contributed by atoms with Gasteiger partial charge < -0.3 is 10.1 Å². The Kier molecular flexibility index (Phi) is 8.12. The van der Waals surface area contributed by atoms with Gasteiger partial charge in [0.15, 0.2) is 0 Å². The summed E-state index contributed by atoms with van der Waals surface area (Å²) in [5, 5.41) is 4.48. The average Bonchev–Trinajstić information content (AvgIpc) is 2.34. The summed E-state index contributed by atoms with van der Waals surface area (Å²) in [5.74, 6) is 1.06. The van der Waals surface area contributed by atoms with Gasteiger partial charge in [-0.25, -0.2) is 4.98 Å². The molecule has 90 valence electrons. The maximum atomic E-state index is 5.25. The zero-order chi connectivity index (χ0) is 11.5. The molecule has 1 aromatic rings. The maximum Gasteiger partial charge on any atom is 0.0960 e. The van der Waals surface area contributed by atoms with E-state index in [1.807, 2.05) is 31.3 Å². The molecule has 0 aliphatic rings. The first-order chi connectivity index (χ1) is 7.93. The first-order valence-electron chi connectivity index (χ1n) is 5.75. The van der Waals surface area contributed by atoms with Gasteiger partial charge >= 0.3 is 0 Å². The van der Waals surface area contributed by atoms with Crippen LogP contribution in [-0.2, 0) is 4.74 Å². The number of nitrogens with one attached hydrogen (secondary N) is 1. The van der Waals surface area contributed by atoms with Crippen molar-refractivity contribution in [3.8, 4) is 0 Å². The SMILES string of the molecule is CCOCCCNCCSc1ccccn1. The number of ether oxygens (including phenoxy) is 1. The second kappa shape index (κ2) is 9.63. The number of hydrogen-bond donors (Lipinski definition) is 1. The molecule has 3 nitrogen and oxygen atoms in total. The molecule has 0 aromatic carbocycles. The molecule has 0 unspecified atom stereocenters. The van der Waals surface area contributed by atoms with Crippen LogP contribution in [0.2, 0.25) is 0 Å². The van der Waals surface area contributed by atoms with Gasteiger partial charge in [0.05, 0.1) is 5.03 Å². The highest BCUT2D eigenvalue weighted by Gasteiger charge is 1.93. The van der Waals surface area contributed by atoms with Gasteiger partial charge in [0, 0.05) is 31.7 Å². The summed E-state index contributed by atoms with van der Waals surface area (Å²) in [6.07, 6.45) is 2.92. The van der Waals surface area contributed by atoms with E-state index in [1.165, 1.54) is 0 Å². The van der Waals surface area contributed by atoms with Crippen LogP contribution in [0.4, 0.5) is 0 Å². The lowest BCUT2D eigenvalue weighted by atomic mass is 10.4. The maximum absolute atomic E-state index is 5.25. The van der Waals surface area contributed by atoms with Gasteiger partial charge in [-0.3, -0.25) is 0 Å². The van der Waals surface area contributed by atoms with Gasteiger partial charge in [-0.2, -0.15) is 0 Å². The third-order valence-corrected chi connectivity index (χ3v) is 2.96. The Morgan fingerprint density at radius 1 is 1.38 bits per heavy atom. The Morgan fingerprint density at radius 2 is 2.31 bits per heavy atom. The van der Waals surface area contributed by atoms with Crippen LogP contribution in [0.15, 0.2) is 29.4 Å². The number of hydrogen-bond acceptors (Lipinski definition) is 4. The predicted molar refractivity (Wildman–Crippen MR) is 68.9 cm³/mol. The third kappa shape index (κ3) is 6.82. The molecule has 1 N–H and O–H groups in total. The minimum atomic E-state index is 0.815. The van der Waals surface area contributed by atoms with Crippen molar-refractivity contribution in [1.29, 1.82) is 0 Å². The molecule has 0 aliphatic heterocycles. The van der Waals surface area contributed by atoms with E-state index in [4.69, 9.17) is 4.74 Å². The molecule has 0 radical (unpaired) electrons. The van der Waals surface area contributed by atoms with E-state index < -0.39 is 0 Å². The summed E-state index contributed by atoms with van der Waals surface area (Å²) in [7, 11) is 0. The molecule has 0 bridgehead atoms. The lowest BCUT2D eigenvalue weighted by molar-refractivity contribution is 0.145. The smallest absolute Gasteiger partial charge is 0.0960 e. The normalized spacial score (nSPS) is 10.6. The number of pyridine rings is 1. The van der Waals surface area contributed by atoms with Gasteiger partial charge in [0.1, 0.15) is 0 Å². The second-order valence-electron chi connectivity index (χ2n) is 3.32. The van der Waals surface area contributed by atoms with Crippen molar-refractivity contribution in [2.24, 2.45) is 0 Å².